The Labute approximate surface area is 130 Å². The average Bonchev–Trinajstić information content (AvgIpc) is 3.14. The molecule has 0 spiro atoms. The van der Waals surface area contributed by atoms with E-state index in [2.05, 4.69) is 31.2 Å². The number of hydrogen-bond donors (Lipinski definition) is 2. The molecule has 4 rings (SSSR count). The van der Waals surface area contributed by atoms with E-state index in [4.69, 9.17) is 0 Å². The Hall–Kier alpha value is -2.74. The van der Waals surface area contributed by atoms with E-state index in [1.165, 1.54) is 11.1 Å². The monoisotopic (exact) mass is 290 g/mol. The molecule has 0 bridgehead atoms. The van der Waals surface area contributed by atoms with E-state index in [0.29, 0.717) is 5.75 Å². The van der Waals surface area contributed by atoms with Crippen LogP contribution in [0, 0.1) is 0 Å². The van der Waals surface area contributed by atoms with Crippen LogP contribution in [0.1, 0.15) is 12.5 Å². The summed E-state index contributed by atoms with van der Waals surface area (Å²) in [5.74, 6) is 0.556. The van der Waals surface area contributed by atoms with E-state index in [1.807, 2.05) is 18.2 Å². The van der Waals surface area contributed by atoms with Crippen molar-refractivity contribution in [3.05, 3.63) is 72.3 Å². The molecule has 0 saturated carbocycles. The molecule has 0 saturated heterocycles. The fraction of sp³-hybridized carbons (Fsp3) is 0.100. The topological polar surface area (TPSA) is 40.5 Å². The van der Waals surface area contributed by atoms with Gasteiger partial charge in [0.05, 0.1) is 0 Å². The third-order valence-corrected chi connectivity index (χ3v) is 3.76. The van der Waals surface area contributed by atoms with Crippen molar-refractivity contribution >= 4 is 0 Å². The summed E-state index contributed by atoms with van der Waals surface area (Å²) in [6.07, 6.45) is 0.866. The van der Waals surface area contributed by atoms with E-state index in [1.54, 1.807) is 24.3 Å². The number of hydrogen-bond acceptors (Lipinski definition) is 2. The Morgan fingerprint density at radius 2 is 1.32 bits per heavy atom. The number of rotatable bonds is 2. The summed E-state index contributed by atoms with van der Waals surface area (Å²) in [7, 11) is 0. The van der Waals surface area contributed by atoms with Crippen molar-refractivity contribution in [2.75, 3.05) is 0 Å². The highest BCUT2D eigenvalue weighted by molar-refractivity contribution is 5.80. The van der Waals surface area contributed by atoms with E-state index < -0.39 is 0 Å². The molecule has 0 atom stereocenters. The summed E-state index contributed by atoms with van der Waals surface area (Å²) >= 11 is 0. The molecule has 0 radical (unpaired) electrons. The zero-order chi connectivity index (χ0) is 15.5. The first-order valence-corrected chi connectivity index (χ1v) is 7.39. The molecule has 2 N–H and O–H groups in total. The molecule has 110 valence electrons. The third kappa shape index (κ3) is 3.12. The molecule has 0 unspecified atom stereocenters. The van der Waals surface area contributed by atoms with Crippen LogP contribution in [0.5, 0.6) is 11.5 Å². The lowest BCUT2D eigenvalue weighted by Gasteiger charge is -2.08. The smallest absolute Gasteiger partial charge is 0.115 e. The number of aromatic hydroxyl groups is 2. The normalized spacial score (nSPS) is 10.6. The first kappa shape index (κ1) is 14.2. The van der Waals surface area contributed by atoms with Gasteiger partial charge in [0.1, 0.15) is 11.5 Å². The quantitative estimate of drug-likeness (QED) is 0.545. The van der Waals surface area contributed by atoms with Gasteiger partial charge in [-0.1, -0.05) is 43.3 Å². The number of phenols is 2. The largest absolute Gasteiger partial charge is 0.508 e. The van der Waals surface area contributed by atoms with Crippen LogP contribution in [-0.2, 0) is 6.42 Å². The number of benzene rings is 3. The Morgan fingerprint density at radius 1 is 0.682 bits per heavy atom. The van der Waals surface area contributed by atoms with Gasteiger partial charge in [0.25, 0.3) is 0 Å². The van der Waals surface area contributed by atoms with Crippen LogP contribution >= 0.6 is 0 Å². The molecule has 22 heavy (non-hydrogen) atoms. The SMILES string of the molecule is CCc1cc(O)ccc1-c1ccc(O)cc1.c1cc2cc-2c1. The average molecular weight is 290 g/mol. The van der Waals surface area contributed by atoms with Gasteiger partial charge in [0.2, 0.25) is 0 Å². The summed E-state index contributed by atoms with van der Waals surface area (Å²) in [5, 5.41) is 18.7. The lowest BCUT2D eigenvalue weighted by Crippen LogP contribution is -1.87. The van der Waals surface area contributed by atoms with Crippen molar-refractivity contribution in [1.29, 1.82) is 0 Å². The van der Waals surface area contributed by atoms with Gasteiger partial charge in [-0.2, -0.15) is 0 Å². The van der Waals surface area contributed by atoms with Crippen LogP contribution in [0.15, 0.2) is 66.7 Å². The van der Waals surface area contributed by atoms with Crippen LogP contribution in [0.2, 0.25) is 0 Å². The first-order valence-electron chi connectivity index (χ1n) is 7.39. The Kier molecular flexibility index (Phi) is 3.84. The minimum Gasteiger partial charge on any atom is -0.508 e. The minimum atomic E-state index is 0.264. The van der Waals surface area contributed by atoms with Crippen LogP contribution < -0.4 is 0 Å². The van der Waals surface area contributed by atoms with Gasteiger partial charge in [0, 0.05) is 0 Å². The van der Waals surface area contributed by atoms with Crippen molar-refractivity contribution < 1.29 is 10.2 Å². The maximum absolute atomic E-state index is 9.42. The standard InChI is InChI=1S/C14H14O2.C6H4/c1-2-10-9-13(16)7-8-14(10)11-3-5-12(15)6-4-11;1-2-5-4-6(5)3-1/h3-9,15-16H,2H2,1H3;1-4H. The van der Waals surface area contributed by atoms with Crippen LogP contribution in [0.25, 0.3) is 22.3 Å². The molecule has 0 fully saturated rings. The second kappa shape index (κ2) is 5.94. The maximum atomic E-state index is 9.42. The van der Waals surface area contributed by atoms with Crippen LogP contribution in [0.4, 0.5) is 0 Å². The lowest BCUT2D eigenvalue weighted by molar-refractivity contribution is 0.474. The highest BCUT2D eigenvalue weighted by Gasteiger charge is 2.07. The summed E-state index contributed by atoms with van der Waals surface area (Å²) in [6, 6.07) is 20.9. The van der Waals surface area contributed by atoms with Gasteiger partial charge >= 0.3 is 0 Å². The molecular formula is C20H18O2. The molecule has 0 aliphatic heterocycles. The minimum absolute atomic E-state index is 0.264. The zero-order valence-corrected chi connectivity index (χ0v) is 12.5. The summed E-state index contributed by atoms with van der Waals surface area (Å²) < 4.78 is 0. The van der Waals surface area contributed by atoms with Crippen molar-refractivity contribution in [3.63, 3.8) is 0 Å². The summed E-state index contributed by atoms with van der Waals surface area (Å²) in [6.45, 7) is 2.05. The predicted molar refractivity (Wildman–Crippen MR) is 90.0 cm³/mol. The van der Waals surface area contributed by atoms with Crippen LogP contribution in [0.3, 0.4) is 0 Å². The number of phenolic OH excluding ortho intramolecular Hbond substituents is 2. The Balaban J connectivity index is 0.000000196. The lowest BCUT2D eigenvalue weighted by atomic mass is 9.98. The first-order chi connectivity index (χ1) is 10.7. The molecule has 2 nitrogen and oxygen atoms in total. The summed E-state index contributed by atoms with van der Waals surface area (Å²) in [4.78, 5) is 0. The molecule has 2 aliphatic carbocycles. The zero-order valence-electron chi connectivity index (χ0n) is 12.5. The van der Waals surface area contributed by atoms with Gasteiger partial charge in [0.15, 0.2) is 0 Å². The van der Waals surface area contributed by atoms with Gasteiger partial charge in [-0.15, -0.1) is 0 Å². The maximum Gasteiger partial charge on any atom is 0.115 e. The van der Waals surface area contributed by atoms with E-state index >= 15 is 0 Å². The number of aryl methyl sites for hydroxylation is 1. The fourth-order valence-corrected chi connectivity index (χ4v) is 2.47. The molecule has 0 amide bonds. The van der Waals surface area contributed by atoms with Crippen LogP contribution in [-0.4, -0.2) is 10.2 Å². The second-order valence-corrected chi connectivity index (χ2v) is 5.32. The molecule has 0 aromatic heterocycles. The van der Waals surface area contributed by atoms with E-state index in [-0.39, 0.29) is 5.75 Å². The molecule has 2 aliphatic rings. The van der Waals surface area contributed by atoms with Gasteiger partial charge in [-0.3, -0.25) is 0 Å². The Morgan fingerprint density at radius 3 is 1.82 bits per heavy atom. The fourth-order valence-electron chi connectivity index (χ4n) is 2.47. The van der Waals surface area contributed by atoms with E-state index in [9.17, 15) is 10.2 Å². The van der Waals surface area contributed by atoms with Crippen molar-refractivity contribution in [3.8, 4) is 33.8 Å². The predicted octanol–water partition coefficient (Wildman–Crippen LogP) is 4.99. The third-order valence-electron chi connectivity index (χ3n) is 3.76. The Bertz CT molecular complexity index is 772. The molecule has 2 aromatic rings. The number of fused-ring (bicyclic) bond motifs is 1. The molecular weight excluding hydrogens is 272 g/mol. The van der Waals surface area contributed by atoms with E-state index in [0.717, 1.165) is 23.1 Å². The van der Waals surface area contributed by atoms with Crippen molar-refractivity contribution in [1.82, 2.24) is 0 Å². The summed E-state index contributed by atoms with van der Waals surface area (Å²) in [5.41, 5.74) is 6.10. The van der Waals surface area contributed by atoms with Crippen molar-refractivity contribution in [2.24, 2.45) is 0 Å². The highest BCUT2D eigenvalue weighted by atomic mass is 16.3. The van der Waals surface area contributed by atoms with Gasteiger partial charge < -0.3 is 10.2 Å². The van der Waals surface area contributed by atoms with Crippen molar-refractivity contribution in [2.45, 2.75) is 13.3 Å². The molecule has 2 aromatic carbocycles. The molecule has 2 heteroatoms. The van der Waals surface area contributed by atoms with Gasteiger partial charge in [-0.05, 0) is 64.6 Å². The highest BCUT2D eigenvalue weighted by Crippen LogP contribution is 2.32. The van der Waals surface area contributed by atoms with Gasteiger partial charge in [-0.25, -0.2) is 0 Å². The molecule has 0 heterocycles. The second-order valence-electron chi connectivity index (χ2n) is 5.32.